The van der Waals surface area contributed by atoms with E-state index in [9.17, 15) is 4.79 Å². The van der Waals surface area contributed by atoms with Gasteiger partial charge in [0, 0.05) is 17.0 Å². The molecule has 0 unspecified atom stereocenters. The molecule has 2 nitrogen and oxygen atoms in total. The van der Waals surface area contributed by atoms with Gasteiger partial charge >= 0.3 is 0 Å². The maximum Gasteiger partial charge on any atom is 0.249 e. The minimum Gasteiger partial charge on any atom is -0.322 e. The second-order valence-corrected chi connectivity index (χ2v) is 3.23. The topological polar surface area (TPSA) is 29.1 Å². The third-order valence-corrected chi connectivity index (χ3v) is 2.33. The van der Waals surface area contributed by atoms with E-state index in [1.54, 1.807) is 6.08 Å². The molecular formula is C11H7NO. The number of carbonyl (C=O) groups excluding carboxylic acids is 1. The first kappa shape index (κ1) is 6.66. The van der Waals surface area contributed by atoms with Gasteiger partial charge < -0.3 is 5.32 Å². The van der Waals surface area contributed by atoms with E-state index in [1.807, 2.05) is 24.3 Å². The van der Waals surface area contributed by atoms with Crippen LogP contribution in [0.15, 0.2) is 30.3 Å². The second-order valence-electron chi connectivity index (χ2n) is 3.23. The van der Waals surface area contributed by atoms with E-state index >= 15 is 0 Å². The fourth-order valence-corrected chi connectivity index (χ4v) is 1.76. The first-order valence-electron chi connectivity index (χ1n) is 4.18. The van der Waals surface area contributed by atoms with Crippen LogP contribution in [-0.4, -0.2) is 5.91 Å². The van der Waals surface area contributed by atoms with Crippen LogP contribution < -0.4 is 10.5 Å². The standard InChI is InChI=1S/C11H7NO/c13-11-6-9-8-3-1-2-7(4-8)5-10(9)12-11/h1-6H,(H,12,13). The zero-order valence-corrected chi connectivity index (χ0v) is 6.87. The highest BCUT2D eigenvalue weighted by Gasteiger charge is 2.10. The predicted molar refractivity (Wildman–Crippen MR) is 52.3 cm³/mol. The van der Waals surface area contributed by atoms with Crippen molar-refractivity contribution in [3.63, 3.8) is 0 Å². The number of benzene rings is 2. The number of hydrogen-bond donors (Lipinski definition) is 1. The molecule has 3 rings (SSSR count). The molecule has 0 spiro atoms. The van der Waals surface area contributed by atoms with Crippen molar-refractivity contribution in [2.45, 2.75) is 0 Å². The summed E-state index contributed by atoms with van der Waals surface area (Å²) in [6, 6.07) is 10.1. The molecule has 0 radical (unpaired) electrons. The van der Waals surface area contributed by atoms with Crippen molar-refractivity contribution >= 4 is 28.4 Å². The number of rotatable bonds is 0. The molecule has 0 saturated heterocycles. The Hall–Kier alpha value is -1.83. The average Bonchev–Trinajstić information content (AvgIpc) is 2.47. The van der Waals surface area contributed by atoms with Gasteiger partial charge in [0.1, 0.15) is 0 Å². The van der Waals surface area contributed by atoms with Crippen LogP contribution in [0.25, 0.3) is 16.8 Å². The van der Waals surface area contributed by atoms with E-state index in [1.165, 1.54) is 0 Å². The summed E-state index contributed by atoms with van der Waals surface area (Å²) in [5.41, 5.74) is 0.929. The van der Waals surface area contributed by atoms with Gasteiger partial charge in [-0.15, -0.1) is 0 Å². The second kappa shape index (κ2) is 2.10. The Morgan fingerprint density at radius 2 is 2.08 bits per heavy atom. The average molecular weight is 169 g/mol. The highest BCUT2D eigenvalue weighted by Crippen LogP contribution is 2.15. The smallest absolute Gasteiger partial charge is 0.249 e. The maximum atomic E-state index is 11.1. The fourth-order valence-electron chi connectivity index (χ4n) is 1.76. The molecule has 1 heterocycles. The van der Waals surface area contributed by atoms with Crippen LogP contribution in [0, 0.1) is 0 Å². The molecule has 0 atom stereocenters. The molecule has 13 heavy (non-hydrogen) atoms. The SMILES string of the molecule is O=C1C=c2c(cc3cccc2c3)N1. The summed E-state index contributed by atoms with van der Waals surface area (Å²) in [5.74, 6) is -0.0244. The maximum absolute atomic E-state index is 11.1. The summed E-state index contributed by atoms with van der Waals surface area (Å²) < 4.78 is 0. The summed E-state index contributed by atoms with van der Waals surface area (Å²) in [7, 11) is 0. The summed E-state index contributed by atoms with van der Waals surface area (Å²) in [6.07, 6.45) is 1.64. The van der Waals surface area contributed by atoms with Crippen LogP contribution in [0.4, 0.5) is 5.69 Å². The van der Waals surface area contributed by atoms with E-state index in [0.29, 0.717) is 0 Å². The van der Waals surface area contributed by atoms with Gasteiger partial charge in [0.15, 0.2) is 0 Å². The lowest BCUT2D eigenvalue weighted by Crippen LogP contribution is -2.03. The molecular weight excluding hydrogens is 162 g/mol. The van der Waals surface area contributed by atoms with Gasteiger partial charge in [0.2, 0.25) is 5.91 Å². The van der Waals surface area contributed by atoms with Gasteiger partial charge in [-0.3, -0.25) is 4.79 Å². The normalized spacial score (nSPS) is 14.0. The quantitative estimate of drug-likeness (QED) is 0.632. The largest absolute Gasteiger partial charge is 0.322 e. The molecule has 0 fully saturated rings. The van der Waals surface area contributed by atoms with Crippen LogP contribution in [0.5, 0.6) is 0 Å². The van der Waals surface area contributed by atoms with E-state index in [2.05, 4.69) is 11.4 Å². The Kier molecular flexibility index (Phi) is 1.08. The molecule has 2 heteroatoms. The molecule has 1 amide bonds. The van der Waals surface area contributed by atoms with E-state index < -0.39 is 0 Å². The Bertz CT molecular complexity index is 557. The van der Waals surface area contributed by atoms with Crippen molar-refractivity contribution in [3.8, 4) is 0 Å². The van der Waals surface area contributed by atoms with E-state index in [-0.39, 0.29) is 5.91 Å². The van der Waals surface area contributed by atoms with Crippen molar-refractivity contribution in [1.29, 1.82) is 0 Å². The first-order valence-corrected chi connectivity index (χ1v) is 4.18. The molecule has 62 valence electrons. The zero-order chi connectivity index (χ0) is 8.84. The highest BCUT2D eigenvalue weighted by molar-refractivity contribution is 6.18. The molecule has 0 aromatic heterocycles. The number of fused-ring (bicyclic) bond motifs is 4. The van der Waals surface area contributed by atoms with Gasteiger partial charge in [-0.05, 0) is 22.9 Å². The van der Waals surface area contributed by atoms with Crippen LogP contribution in [0.1, 0.15) is 0 Å². The van der Waals surface area contributed by atoms with Crippen LogP contribution in [-0.2, 0) is 4.79 Å². The zero-order valence-electron chi connectivity index (χ0n) is 6.87. The summed E-state index contributed by atoms with van der Waals surface area (Å²) in [5, 5.41) is 6.07. The summed E-state index contributed by atoms with van der Waals surface area (Å²) >= 11 is 0. The molecule has 0 aliphatic carbocycles. The minimum absolute atomic E-state index is 0.0244. The van der Waals surface area contributed by atoms with E-state index in [4.69, 9.17) is 0 Å². The Balaban J connectivity index is 2.54. The lowest BCUT2D eigenvalue weighted by atomic mass is 10.1. The Morgan fingerprint density at radius 3 is 3.00 bits per heavy atom. The molecule has 2 aromatic carbocycles. The molecule has 1 aliphatic heterocycles. The molecule has 2 aromatic rings. The van der Waals surface area contributed by atoms with Gasteiger partial charge in [0.25, 0.3) is 0 Å². The number of anilines is 1. The van der Waals surface area contributed by atoms with Gasteiger partial charge in [-0.2, -0.15) is 0 Å². The number of hydrogen-bond acceptors (Lipinski definition) is 1. The predicted octanol–water partition coefficient (Wildman–Crippen LogP) is 1.29. The van der Waals surface area contributed by atoms with Crippen molar-refractivity contribution in [1.82, 2.24) is 0 Å². The number of nitrogens with one attached hydrogen (secondary N) is 1. The number of carbonyl (C=O) groups is 1. The summed E-state index contributed by atoms with van der Waals surface area (Å²) in [4.78, 5) is 11.1. The van der Waals surface area contributed by atoms with Crippen LogP contribution in [0.2, 0.25) is 0 Å². The lowest BCUT2D eigenvalue weighted by Gasteiger charge is -2.00. The highest BCUT2D eigenvalue weighted by atomic mass is 16.1. The summed E-state index contributed by atoms with van der Waals surface area (Å²) in [6.45, 7) is 0. The van der Waals surface area contributed by atoms with Gasteiger partial charge in [-0.1, -0.05) is 18.2 Å². The van der Waals surface area contributed by atoms with Gasteiger partial charge in [-0.25, -0.2) is 0 Å². The monoisotopic (exact) mass is 169 g/mol. The first-order chi connectivity index (χ1) is 6.33. The number of amides is 1. The molecule has 1 aliphatic rings. The third-order valence-electron chi connectivity index (χ3n) is 2.33. The van der Waals surface area contributed by atoms with E-state index in [0.717, 1.165) is 21.7 Å². The Morgan fingerprint density at radius 1 is 1.15 bits per heavy atom. The third kappa shape index (κ3) is 0.855. The fraction of sp³-hybridized carbons (Fsp3) is 0. The van der Waals surface area contributed by atoms with Crippen LogP contribution in [0.3, 0.4) is 0 Å². The van der Waals surface area contributed by atoms with Crippen molar-refractivity contribution < 1.29 is 4.79 Å². The van der Waals surface area contributed by atoms with Crippen LogP contribution >= 0.6 is 0 Å². The minimum atomic E-state index is -0.0244. The Labute approximate surface area is 74.8 Å². The van der Waals surface area contributed by atoms with Crippen molar-refractivity contribution in [2.75, 3.05) is 5.32 Å². The van der Waals surface area contributed by atoms with Crippen molar-refractivity contribution in [2.24, 2.45) is 0 Å². The lowest BCUT2D eigenvalue weighted by molar-refractivity contribution is -0.110. The molecule has 1 N–H and O–H groups in total. The van der Waals surface area contributed by atoms with Gasteiger partial charge in [0.05, 0.1) is 0 Å². The molecule has 0 saturated carbocycles. The van der Waals surface area contributed by atoms with Crippen molar-refractivity contribution in [3.05, 3.63) is 35.6 Å². The molecule has 2 bridgehead atoms.